The van der Waals surface area contributed by atoms with Gasteiger partial charge in [-0.25, -0.2) is 4.39 Å². The number of nitrogens with one attached hydrogen (secondary N) is 1. The van der Waals surface area contributed by atoms with Crippen LogP contribution >= 0.6 is 0 Å². The fraction of sp³-hybridized carbons (Fsp3) is 0.542. The molecule has 4 rings (SSSR count). The van der Waals surface area contributed by atoms with E-state index in [4.69, 9.17) is 0 Å². The van der Waals surface area contributed by atoms with Gasteiger partial charge in [-0.15, -0.1) is 0 Å². The lowest BCUT2D eigenvalue weighted by atomic mass is 9.90. The molecule has 166 valence electrons. The van der Waals surface area contributed by atoms with Crippen LogP contribution in [0.2, 0.25) is 0 Å². The number of likely N-dealkylation sites (tertiary alicyclic amines) is 2. The number of halogens is 1. The van der Waals surface area contributed by atoms with E-state index in [0.29, 0.717) is 24.2 Å². The van der Waals surface area contributed by atoms with Crippen molar-refractivity contribution in [2.75, 3.05) is 13.1 Å². The second kappa shape index (κ2) is 9.20. The molecule has 0 radical (unpaired) electrons. The van der Waals surface area contributed by atoms with Gasteiger partial charge in [0.05, 0.1) is 23.9 Å². The maximum Gasteiger partial charge on any atom is 0.257 e. The van der Waals surface area contributed by atoms with Crippen molar-refractivity contribution in [2.45, 2.75) is 70.4 Å². The van der Waals surface area contributed by atoms with E-state index >= 15 is 0 Å². The van der Waals surface area contributed by atoms with E-state index in [1.54, 1.807) is 29.3 Å². The van der Waals surface area contributed by atoms with Gasteiger partial charge in [-0.1, -0.05) is 18.2 Å². The van der Waals surface area contributed by atoms with Gasteiger partial charge in [0.15, 0.2) is 0 Å². The first-order valence-electron chi connectivity index (χ1n) is 11.3. The minimum atomic E-state index is -0.340. The number of carbonyl (C=O) groups is 2. The predicted octanol–water partition coefficient (Wildman–Crippen LogP) is 3.90. The first-order chi connectivity index (χ1) is 15.0. The molecule has 1 aromatic heterocycles. The highest BCUT2D eigenvalue weighted by Gasteiger charge is 2.34. The highest BCUT2D eigenvalue weighted by Crippen LogP contribution is 2.32. The van der Waals surface area contributed by atoms with Gasteiger partial charge in [0.1, 0.15) is 5.82 Å². The molecule has 1 aromatic carbocycles. The number of hydrogen-bond donors (Lipinski definition) is 1. The molecule has 3 heterocycles. The lowest BCUT2D eigenvalue weighted by Crippen LogP contribution is -2.47. The zero-order valence-electron chi connectivity index (χ0n) is 18.3. The number of nitrogens with zero attached hydrogens (tertiary/aromatic N) is 3. The number of carbonyl (C=O) groups excluding carboxylic acids is 2. The van der Waals surface area contributed by atoms with Crippen LogP contribution in [0.15, 0.2) is 30.5 Å². The molecule has 2 atom stereocenters. The monoisotopic (exact) mass is 426 g/mol. The molecule has 1 N–H and O–H groups in total. The van der Waals surface area contributed by atoms with Crippen LogP contribution in [0.1, 0.15) is 73.5 Å². The topological polar surface area (TPSA) is 69.3 Å². The fourth-order valence-corrected chi connectivity index (χ4v) is 5.07. The van der Waals surface area contributed by atoms with Gasteiger partial charge in [0.25, 0.3) is 5.91 Å². The van der Waals surface area contributed by atoms with E-state index in [1.165, 1.54) is 6.07 Å². The molecule has 2 saturated heterocycles. The van der Waals surface area contributed by atoms with Gasteiger partial charge in [-0.2, -0.15) is 5.10 Å². The van der Waals surface area contributed by atoms with Crippen molar-refractivity contribution >= 4 is 11.8 Å². The Hall–Kier alpha value is -2.70. The van der Waals surface area contributed by atoms with Crippen molar-refractivity contribution in [3.63, 3.8) is 0 Å². The molecule has 31 heavy (non-hydrogen) atoms. The normalized spacial score (nSPS) is 22.5. The average molecular weight is 427 g/mol. The lowest BCUT2D eigenvalue weighted by Gasteiger charge is -2.39. The van der Waals surface area contributed by atoms with Gasteiger partial charge in [0, 0.05) is 31.1 Å². The Morgan fingerprint density at radius 2 is 1.77 bits per heavy atom. The number of piperidine rings is 2. The lowest BCUT2D eigenvalue weighted by molar-refractivity contribution is -0.131. The summed E-state index contributed by atoms with van der Waals surface area (Å²) in [5.74, 6) is -0.177. The second-order valence-corrected chi connectivity index (χ2v) is 8.96. The minimum absolute atomic E-state index is 0.0552. The number of H-pyrrole nitrogens is 1. The van der Waals surface area contributed by atoms with Gasteiger partial charge < -0.3 is 9.80 Å². The smallest absolute Gasteiger partial charge is 0.257 e. The molecule has 7 heteroatoms. The van der Waals surface area contributed by atoms with Crippen LogP contribution in [-0.4, -0.2) is 57.0 Å². The van der Waals surface area contributed by atoms with E-state index in [2.05, 4.69) is 24.0 Å². The highest BCUT2D eigenvalue weighted by molar-refractivity contribution is 5.95. The molecule has 2 amide bonds. The highest BCUT2D eigenvalue weighted by atomic mass is 19.1. The quantitative estimate of drug-likeness (QED) is 0.806. The molecular formula is C24H31FN4O2. The Labute approximate surface area is 182 Å². The number of aromatic amines is 1. The summed E-state index contributed by atoms with van der Waals surface area (Å²) in [5, 5.41) is 7.25. The van der Waals surface area contributed by atoms with Crippen LogP contribution in [-0.2, 0) is 11.2 Å². The van der Waals surface area contributed by atoms with E-state index in [1.807, 2.05) is 4.90 Å². The van der Waals surface area contributed by atoms with Crippen molar-refractivity contribution in [3.8, 4) is 0 Å². The zero-order chi connectivity index (χ0) is 22.0. The van der Waals surface area contributed by atoms with Crippen molar-refractivity contribution in [3.05, 3.63) is 53.1 Å². The number of benzene rings is 1. The van der Waals surface area contributed by atoms with E-state index < -0.39 is 0 Å². The van der Waals surface area contributed by atoms with Gasteiger partial charge in [-0.05, 0) is 57.6 Å². The molecule has 2 aliphatic heterocycles. The Bertz CT molecular complexity index is 925. The summed E-state index contributed by atoms with van der Waals surface area (Å²) in [5.41, 5.74) is 1.98. The zero-order valence-corrected chi connectivity index (χ0v) is 18.3. The standard InChI is InChI=1S/C24H31FN4O2/c1-16-6-5-7-17(2)29(16)24(31)20-15-26-27-23(20)18-10-12-28(13-11-18)22(30)14-19-8-3-4-9-21(19)25/h3-4,8-9,15-18H,5-7,10-14H2,1-2H3,(H,26,27). The minimum Gasteiger partial charge on any atom is -0.342 e. The molecule has 6 nitrogen and oxygen atoms in total. The molecule has 0 saturated carbocycles. The summed E-state index contributed by atoms with van der Waals surface area (Å²) in [7, 11) is 0. The molecule has 2 aliphatic rings. The number of aromatic nitrogens is 2. The van der Waals surface area contributed by atoms with Crippen molar-refractivity contribution in [1.82, 2.24) is 20.0 Å². The largest absolute Gasteiger partial charge is 0.342 e. The first kappa shape index (κ1) is 21.5. The average Bonchev–Trinajstić information content (AvgIpc) is 3.25. The third-order valence-corrected chi connectivity index (χ3v) is 6.88. The SMILES string of the molecule is CC1CCCC(C)N1C(=O)c1cn[nH]c1C1CCN(C(=O)Cc2ccccc2F)CC1. The maximum absolute atomic E-state index is 13.9. The van der Waals surface area contributed by atoms with E-state index in [-0.39, 0.29) is 42.1 Å². The van der Waals surface area contributed by atoms with E-state index in [9.17, 15) is 14.0 Å². The summed E-state index contributed by atoms with van der Waals surface area (Å²) >= 11 is 0. The molecular weight excluding hydrogens is 395 g/mol. The summed E-state index contributed by atoms with van der Waals surface area (Å²) in [6, 6.07) is 6.89. The van der Waals surface area contributed by atoms with Crippen LogP contribution in [0.4, 0.5) is 4.39 Å². The van der Waals surface area contributed by atoms with Crippen LogP contribution in [0, 0.1) is 5.82 Å². The van der Waals surface area contributed by atoms with Crippen molar-refractivity contribution < 1.29 is 14.0 Å². The molecule has 0 spiro atoms. The number of hydrogen-bond acceptors (Lipinski definition) is 3. The summed E-state index contributed by atoms with van der Waals surface area (Å²) in [6.07, 6.45) is 6.48. The van der Waals surface area contributed by atoms with Crippen LogP contribution in [0.5, 0.6) is 0 Å². The van der Waals surface area contributed by atoms with Crippen LogP contribution < -0.4 is 0 Å². The Kier molecular flexibility index (Phi) is 6.39. The Morgan fingerprint density at radius 1 is 1.10 bits per heavy atom. The first-order valence-corrected chi connectivity index (χ1v) is 11.3. The second-order valence-electron chi connectivity index (χ2n) is 8.96. The Balaban J connectivity index is 1.40. The van der Waals surface area contributed by atoms with E-state index in [0.717, 1.165) is 37.8 Å². The number of rotatable bonds is 4. The van der Waals surface area contributed by atoms with Crippen molar-refractivity contribution in [1.29, 1.82) is 0 Å². The number of amides is 2. The summed E-state index contributed by atoms with van der Waals surface area (Å²) in [4.78, 5) is 29.8. The maximum atomic E-state index is 13.9. The third-order valence-electron chi connectivity index (χ3n) is 6.88. The molecule has 2 fully saturated rings. The van der Waals surface area contributed by atoms with Crippen LogP contribution in [0.25, 0.3) is 0 Å². The van der Waals surface area contributed by atoms with Crippen molar-refractivity contribution in [2.24, 2.45) is 0 Å². The third kappa shape index (κ3) is 4.50. The molecule has 0 bridgehead atoms. The fourth-order valence-electron chi connectivity index (χ4n) is 5.07. The molecule has 0 aliphatic carbocycles. The van der Waals surface area contributed by atoms with Gasteiger partial charge >= 0.3 is 0 Å². The Morgan fingerprint density at radius 3 is 2.45 bits per heavy atom. The van der Waals surface area contributed by atoms with Gasteiger partial charge in [0.2, 0.25) is 5.91 Å². The predicted molar refractivity (Wildman–Crippen MR) is 116 cm³/mol. The molecule has 2 aromatic rings. The molecule has 2 unspecified atom stereocenters. The van der Waals surface area contributed by atoms with Crippen LogP contribution in [0.3, 0.4) is 0 Å². The van der Waals surface area contributed by atoms with Gasteiger partial charge in [-0.3, -0.25) is 14.7 Å². The summed E-state index contributed by atoms with van der Waals surface area (Å²) < 4.78 is 13.9. The summed E-state index contributed by atoms with van der Waals surface area (Å²) in [6.45, 7) is 5.43.